The SMILES string of the molecule is C/C=C\C(=O)N1CCN(c2nc(-c3ccc(Oc4ccccc4)nc3)c(C(N)=O)s2)CC1. The Balaban J connectivity index is 1.51. The summed E-state index contributed by atoms with van der Waals surface area (Å²) in [5.74, 6) is 0.607. The molecule has 0 saturated carbocycles. The first kappa shape index (κ1) is 21.5. The van der Waals surface area contributed by atoms with Gasteiger partial charge in [-0.25, -0.2) is 9.97 Å². The van der Waals surface area contributed by atoms with Gasteiger partial charge in [0.15, 0.2) is 5.13 Å². The fraction of sp³-hybridized carbons (Fsp3) is 0.217. The number of nitrogens with two attached hydrogens (primary N) is 1. The van der Waals surface area contributed by atoms with Crippen LogP contribution in [0.2, 0.25) is 0 Å². The van der Waals surface area contributed by atoms with Crippen LogP contribution in [0.1, 0.15) is 16.6 Å². The highest BCUT2D eigenvalue weighted by Gasteiger charge is 2.25. The Kier molecular flexibility index (Phi) is 6.46. The van der Waals surface area contributed by atoms with E-state index in [1.165, 1.54) is 11.3 Å². The van der Waals surface area contributed by atoms with E-state index in [4.69, 9.17) is 15.5 Å². The number of ether oxygens (including phenoxy) is 1. The normalized spacial score (nSPS) is 14.0. The van der Waals surface area contributed by atoms with Crippen LogP contribution in [0.3, 0.4) is 0 Å². The third-order valence-electron chi connectivity index (χ3n) is 4.99. The summed E-state index contributed by atoms with van der Waals surface area (Å²) < 4.78 is 5.73. The van der Waals surface area contributed by atoms with Crippen LogP contribution >= 0.6 is 11.3 Å². The number of piperazine rings is 1. The molecule has 3 heterocycles. The van der Waals surface area contributed by atoms with Crippen molar-refractivity contribution in [1.29, 1.82) is 0 Å². The molecule has 32 heavy (non-hydrogen) atoms. The molecular formula is C23H23N5O3S. The van der Waals surface area contributed by atoms with Crippen molar-refractivity contribution in [3.05, 3.63) is 65.7 Å². The van der Waals surface area contributed by atoms with Gasteiger partial charge in [0.1, 0.15) is 10.6 Å². The van der Waals surface area contributed by atoms with Crippen molar-refractivity contribution in [2.75, 3.05) is 31.1 Å². The summed E-state index contributed by atoms with van der Waals surface area (Å²) in [6.45, 7) is 4.28. The number of nitrogens with zero attached hydrogens (tertiary/aromatic N) is 4. The van der Waals surface area contributed by atoms with Gasteiger partial charge in [0.05, 0.1) is 5.69 Å². The number of aromatic nitrogens is 2. The van der Waals surface area contributed by atoms with Crippen molar-refractivity contribution in [2.24, 2.45) is 5.73 Å². The van der Waals surface area contributed by atoms with E-state index < -0.39 is 5.91 Å². The standard InChI is InChI=1S/C23H23N5O3S/c1-2-6-19(29)27-11-13-28(14-12-27)23-26-20(21(32-23)22(24)30)16-9-10-18(25-15-16)31-17-7-4-3-5-8-17/h2-10,15H,11-14H2,1H3,(H2,24,30)/b6-2-. The maximum Gasteiger partial charge on any atom is 0.261 e. The van der Waals surface area contributed by atoms with Gasteiger partial charge in [0, 0.05) is 44.0 Å². The van der Waals surface area contributed by atoms with Crippen LogP contribution in [0.15, 0.2) is 60.8 Å². The first-order valence-corrected chi connectivity index (χ1v) is 11.0. The van der Waals surface area contributed by atoms with Crippen LogP contribution < -0.4 is 15.4 Å². The molecule has 0 aliphatic carbocycles. The predicted molar refractivity (Wildman–Crippen MR) is 124 cm³/mol. The van der Waals surface area contributed by atoms with E-state index in [0.29, 0.717) is 59.1 Å². The number of allylic oxidation sites excluding steroid dienone is 1. The molecule has 0 radical (unpaired) electrons. The zero-order chi connectivity index (χ0) is 22.5. The van der Waals surface area contributed by atoms with Crippen molar-refractivity contribution in [2.45, 2.75) is 6.92 Å². The van der Waals surface area contributed by atoms with Gasteiger partial charge in [-0.1, -0.05) is 35.6 Å². The molecule has 3 aromatic rings. The number of primary amides is 1. The number of benzene rings is 1. The molecule has 0 bridgehead atoms. The topological polar surface area (TPSA) is 102 Å². The van der Waals surface area contributed by atoms with Crippen molar-refractivity contribution >= 4 is 28.3 Å². The maximum atomic E-state index is 12.1. The van der Waals surface area contributed by atoms with E-state index in [1.807, 2.05) is 43.3 Å². The predicted octanol–water partition coefficient (Wildman–Crippen LogP) is 3.32. The molecule has 1 aliphatic heterocycles. The van der Waals surface area contributed by atoms with E-state index >= 15 is 0 Å². The quantitative estimate of drug-likeness (QED) is 0.579. The molecule has 1 saturated heterocycles. The molecule has 2 amide bonds. The van der Waals surface area contributed by atoms with E-state index in [1.54, 1.807) is 29.3 Å². The van der Waals surface area contributed by atoms with Gasteiger partial charge in [0.25, 0.3) is 5.91 Å². The van der Waals surface area contributed by atoms with E-state index in [2.05, 4.69) is 9.88 Å². The molecule has 164 valence electrons. The largest absolute Gasteiger partial charge is 0.439 e. The fourth-order valence-corrected chi connectivity index (χ4v) is 4.35. The Labute approximate surface area is 190 Å². The average Bonchev–Trinajstić information content (AvgIpc) is 3.26. The maximum absolute atomic E-state index is 12.1. The van der Waals surface area contributed by atoms with Gasteiger partial charge in [-0.05, 0) is 31.2 Å². The van der Waals surface area contributed by atoms with Crippen molar-refractivity contribution in [3.8, 4) is 22.9 Å². The molecule has 1 fully saturated rings. The summed E-state index contributed by atoms with van der Waals surface area (Å²) in [5.41, 5.74) is 6.82. The second-order valence-corrected chi connectivity index (χ2v) is 8.13. The van der Waals surface area contributed by atoms with Gasteiger partial charge in [-0.3, -0.25) is 9.59 Å². The lowest BCUT2D eigenvalue weighted by molar-refractivity contribution is -0.126. The molecule has 0 unspecified atom stereocenters. The monoisotopic (exact) mass is 449 g/mol. The van der Waals surface area contributed by atoms with Crippen LogP contribution in [-0.2, 0) is 4.79 Å². The second kappa shape index (κ2) is 9.61. The second-order valence-electron chi connectivity index (χ2n) is 7.15. The lowest BCUT2D eigenvalue weighted by Crippen LogP contribution is -2.48. The molecule has 2 N–H and O–H groups in total. The van der Waals surface area contributed by atoms with Gasteiger partial charge in [0.2, 0.25) is 11.8 Å². The highest BCUT2D eigenvalue weighted by Crippen LogP contribution is 2.34. The van der Waals surface area contributed by atoms with Crippen LogP contribution in [0, 0.1) is 0 Å². The van der Waals surface area contributed by atoms with Crippen molar-refractivity contribution in [3.63, 3.8) is 0 Å². The van der Waals surface area contributed by atoms with Crippen molar-refractivity contribution in [1.82, 2.24) is 14.9 Å². The molecule has 0 atom stereocenters. The van der Waals surface area contributed by atoms with E-state index in [0.717, 1.165) is 0 Å². The Bertz CT molecular complexity index is 1120. The zero-order valence-corrected chi connectivity index (χ0v) is 18.4. The van der Waals surface area contributed by atoms with E-state index in [-0.39, 0.29) is 5.91 Å². The minimum atomic E-state index is -0.532. The molecule has 1 aliphatic rings. The Morgan fingerprint density at radius 2 is 1.84 bits per heavy atom. The summed E-state index contributed by atoms with van der Waals surface area (Å²) in [5, 5.41) is 0.705. The van der Waals surface area contributed by atoms with Gasteiger partial charge < -0.3 is 20.3 Å². The van der Waals surface area contributed by atoms with Crippen LogP contribution in [0.4, 0.5) is 5.13 Å². The van der Waals surface area contributed by atoms with Crippen LogP contribution in [-0.4, -0.2) is 52.9 Å². The summed E-state index contributed by atoms with van der Waals surface area (Å²) in [4.78, 5) is 37.4. The number of hydrogen-bond donors (Lipinski definition) is 1. The minimum Gasteiger partial charge on any atom is -0.439 e. The highest BCUT2D eigenvalue weighted by molar-refractivity contribution is 7.18. The number of hydrogen-bond acceptors (Lipinski definition) is 7. The number of carbonyl (C=O) groups is 2. The third-order valence-corrected chi connectivity index (χ3v) is 6.12. The highest BCUT2D eigenvalue weighted by atomic mass is 32.1. The Hall–Kier alpha value is -3.72. The molecule has 1 aromatic carbocycles. The zero-order valence-electron chi connectivity index (χ0n) is 17.6. The summed E-state index contributed by atoms with van der Waals surface area (Å²) in [7, 11) is 0. The van der Waals surface area contributed by atoms with E-state index in [9.17, 15) is 9.59 Å². The summed E-state index contributed by atoms with van der Waals surface area (Å²) in [6.07, 6.45) is 4.93. The summed E-state index contributed by atoms with van der Waals surface area (Å²) >= 11 is 1.26. The smallest absolute Gasteiger partial charge is 0.261 e. The first-order chi connectivity index (χ1) is 15.5. The molecule has 2 aromatic heterocycles. The van der Waals surface area contributed by atoms with Gasteiger partial charge in [-0.15, -0.1) is 0 Å². The van der Waals surface area contributed by atoms with Gasteiger partial charge >= 0.3 is 0 Å². The number of rotatable bonds is 6. The number of thiazole rings is 1. The number of pyridine rings is 1. The number of anilines is 1. The number of para-hydroxylation sites is 1. The molecular weight excluding hydrogens is 426 g/mol. The summed E-state index contributed by atoms with van der Waals surface area (Å²) in [6, 6.07) is 12.9. The molecule has 0 spiro atoms. The van der Waals surface area contributed by atoms with Crippen molar-refractivity contribution < 1.29 is 14.3 Å². The molecule has 4 rings (SSSR count). The first-order valence-electron chi connectivity index (χ1n) is 10.2. The minimum absolute atomic E-state index is 0.00804. The Morgan fingerprint density at radius 1 is 1.09 bits per heavy atom. The number of carbonyl (C=O) groups excluding carboxylic acids is 2. The average molecular weight is 450 g/mol. The number of amides is 2. The third kappa shape index (κ3) is 4.78. The lowest BCUT2D eigenvalue weighted by Gasteiger charge is -2.34. The lowest BCUT2D eigenvalue weighted by atomic mass is 10.2. The Morgan fingerprint density at radius 3 is 2.47 bits per heavy atom. The fourth-order valence-electron chi connectivity index (χ4n) is 3.36. The molecule has 9 heteroatoms. The van der Waals surface area contributed by atoms with Gasteiger partial charge in [-0.2, -0.15) is 0 Å². The molecule has 8 nitrogen and oxygen atoms in total. The van der Waals surface area contributed by atoms with Crippen LogP contribution in [0.5, 0.6) is 11.6 Å². The van der Waals surface area contributed by atoms with Crippen LogP contribution in [0.25, 0.3) is 11.3 Å².